The summed E-state index contributed by atoms with van der Waals surface area (Å²) in [6.07, 6.45) is 2.90. The molecule has 1 atom stereocenters. The molecule has 18 heavy (non-hydrogen) atoms. The van der Waals surface area contributed by atoms with Gasteiger partial charge in [-0.05, 0) is 23.6 Å². The summed E-state index contributed by atoms with van der Waals surface area (Å²) in [6, 6.07) is 8.27. The Kier molecular flexibility index (Phi) is 6.89. The summed E-state index contributed by atoms with van der Waals surface area (Å²) in [7, 11) is 2.42. The first-order valence-electron chi connectivity index (χ1n) is 6.14. The van der Waals surface area contributed by atoms with Gasteiger partial charge in [-0.1, -0.05) is 37.8 Å². The number of ether oxygens (including phenoxy) is 2. The Morgan fingerprint density at radius 3 is 2.61 bits per heavy atom. The third kappa shape index (κ3) is 4.38. The SMILES string of the molecule is C=Cc1cccc(C(CC)O[SiH2]C(OC)OC)c1. The number of rotatable bonds is 8. The summed E-state index contributed by atoms with van der Waals surface area (Å²) in [5.41, 5.74) is 2.31. The van der Waals surface area contributed by atoms with E-state index >= 15 is 0 Å². The van der Waals surface area contributed by atoms with E-state index in [2.05, 4.69) is 25.6 Å². The molecule has 4 heteroatoms. The average molecular weight is 266 g/mol. The summed E-state index contributed by atoms with van der Waals surface area (Å²) >= 11 is 0. The van der Waals surface area contributed by atoms with Crippen molar-refractivity contribution in [2.75, 3.05) is 14.2 Å². The van der Waals surface area contributed by atoms with Crippen LogP contribution in [0.2, 0.25) is 0 Å². The van der Waals surface area contributed by atoms with Crippen LogP contribution in [-0.4, -0.2) is 29.9 Å². The predicted molar refractivity (Wildman–Crippen MR) is 77.0 cm³/mol. The second kappa shape index (κ2) is 8.21. The number of methoxy groups -OCH3 is 2. The highest BCUT2D eigenvalue weighted by Gasteiger charge is 2.14. The summed E-state index contributed by atoms with van der Waals surface area (Å²) in [6.45, 7) is 5.91. The average Bonchev–Trinajstić information content (AvgIpc) is 2.44. The molecular formula is C14H22O3Si. The highest BCUT2D eigenvalue weighted by atomic mass is 28.2. The first-order valence-corrected chi connectivity index (χ1v) is 7.54. The third-order valence-corrected chi connectivity index (χ3v) is 4.38. The van der Waals surface area contributed by atoms with Crippen molar-refractivity contribution in [1.29, 1.82) is 0 Å². The molecule has 1 aromatic carbocycles. The fourth-order valence-corrected chi connectivity index (χ4v) is 2.85. The second-order valence-electron chi connectivity index (χ2n) is 4.01. The van der Waals surface area contributed by atoms with Gasteiger partial charge in [0.15, 0.2) is 5.91 Å². The van der Waals surface area contributed by atoms with Crippen LogP contribution in [0.3, 0.4) is 0 Å². The van der Waals surface area contributed by atoms with E-state index in [4.69, 9.17) is 13.9 Å². The lowest BCUT2D eigenvalue weighted by molar-refractivity contribution is -0.0556. The molecule has 0 aliphatic heterocycles. The minimum Gasteiger partial charge on any atom is -0.411 e. The van der Waals surface area contributed by atoms with E-state index in [0.717, 1.165) is 12.0 Å². The molecule has 1 aromatic rings. The molecule has 0 aliphatic carbocycles. The maximum absolute atomic E-state index is 5.98. The van der Waals surface area contributed by atoms with E-state index in [0.29, 0.717) is 0 Å². The summed E-state index contributed by atoms with van der Waals surface area (Å²) in [5.74, 6) is -0.179. The summed E-state index contributed by atoms with van der Waals surface area (Å²) in [4.78, 5) is 0. The molecule has 0 spiro atoms. The lowest BCUT2D eigenvalue weighted by atomic mass is 10.0. The molecule has 0 amide bonds. The fourth-order valence-electron chi connectivity index (χ4n) is 1.76. The summed E-state index contributed by atoms with van der Waals surface area (Å²) < 4.78 is 16.3. The van der Waals surface area contributed by atoms with Crippen LogP contribution in [0.4, 0.5) is 0 Å². The zero-order chi connectivity index (χ0) is 13.4. The van der Waals surface area contributed by atoms with Crippen LogP contribution in [-0.2, 0) is 13.9 Å². The van der Waals surface area contributed by atoms with Crippen molar-refractivity contribution in [3.05, 3.63) is 42.0 Å². The number of hydrogen-bond acceptors (Lipinski definition) is 3. The summed E-state index contributed by atoms with van der Waals surface area (Å²) in [5, 5.41) is 0. The molecule has 1 rings (SSSR count). The molecule has 0 saturated carbocycles. The largest absolute Gasteiger partial charge is 0.411 e. The van der Waals surface area contributed by atoms with Crippen molar-refractivity contribution < 1.29 is 13.9 Å². The van der Waals surface area contributed by atoms with Gasteiger partial charge in [-0.3, -0.25) is 0 Å². The van der Waals surface area contributed by atoms with E-state index in [1.807, 2.05) is 18.2 Å². The first-order chi connectivity index (χ1) is 8.74. The van der Waals surface area contributed by atoms with Crippen LogP contribution in [0.5, 0.6) is 0 Å². The highest BCUT2D eigenvalue weighted by molar-refractivity contribution is 6.28. The Bertz CT molecular complexity index is 364. The molecule has 0 N–H and O–H groups in total. The standard InChI is InChI=1S/C14H22O3Si/c1-5-11-8-7-9-12(10-11)13(6-2)17-18-14(15-3)16-4/h5,7-10,13-14H,1,6,18H2,2-4H3. The molecule has 0 fully saturated rings. The molecule has 100 valence electrons. The van der Waals surface area contributed by atoms with E-state index in [-0.39, 0.29) is 12.0 Å². The van der Waals surface area contributed by atoms with Gasteiger partial charge in [-0.2, -0.15) is 0 Å². The van der Waals surface area contributed by atoms with Crippen molar-refractivity contribution in [2.45, 2.75) is 25.4 Å². The van der Waals surface area contributed by atoms with Crippen molar-refractivity contribution in [3.63, 3.8) is 0 Å². The quantitative estimate of drug-likeness (QED) is 0.534. The van der Waals surface area contributed by atoms with Crippen molar-refractivity contribution >= 4 is 15.8 Å². The third-order valence-electron chi connectivity index (χ3n) is 2.85. The van der Waals surface area contributed by atoms with Crippen molar-refractivity contribution in [2.24, 2.45) is 0 Å². The van der Waals surface area contributed by atoms with Crippen LogP contribution < -0.4 is 0 Å². The fraction of sp³-hybridized carbons (Fsp3) is 0.429. The number of hydrogen-bond donors (Lipinski definition) is 0. The van der Waals surface area contributed by atoms with Crippen LogP contribution >= 0.6 is 0 Å². The van der Waals surface area contributed by atoms with Gasteiger partial charge in [0.25, 0.3) is 0 Å². The van der Waals surface area contributed by atoms with Crippen LogP contribution in [0.25, 0.3) is 6.08 Å². The van der Waals surface area contributed by atoms with Gasteiger partial charge < -0.3 is 13.9 Å². The maximum atomic E-state index is 5.98. The lowest BCUT2D eigenvalue weighted by Crippen LogP contribution is -2.25. The molecule has 0 aromatic heterocycles. The van der Waals surface area contributed by atoms with Gasteiger partial charge >= 0.3 is 0 Å². The molecule has 0 radical (unpaired) electrons. The van der Waals surface area contributed by atoms with Crippen molar-refractivity contribution in [3.8, 4) is 0 Å². The van der Waals surface area contributed by atoms with E-state index in [9.17, 15) is 0 Å². The van der Waals surface area contributed by atoms with Crippen LogP contribution in [0.1, 0.15) is 30.6 Å². The molecular weight excluding hydrogens is 244 g/mol. The smallest absolute Gasteiger partial charge is 0.224 e. The molecule has 0 aliphatic rings. The minimum atomic E-state index is -0.866. The van der Waals surface area contributed by atoms with Crippen molar-refractivity contribution in [1.82, 2.24) is 0 Å². The van der Waals surface area contributed by atoms with Gasteiger partial charge in [0.05, 0.1) is 6.10 Å². The zero-order valence-corrected chi connectivity index (χ0v) is 12.8. The predicted octanol–water partition coefficient (Wildman–Crippen LogP) is 2.46. The topological polar surface area (TPSA) is 27.7 Å². The Morgan fingerprint density at radius 1 is 1.33 bits per heavy atom. The molecule has 0 heterocycles. The molecule has 0 saturated heterocycles. The lowest BCUT2D eigenvalue weighted by Gasteiger charge is -2.20. The van der Waals surface area contributed by atoms with E-state index < -0.39 is 9.76 Å². The first kappa shape index (κ1) is 15.1. The second-order valence-corrected chi connectivity index (χ2v) is 5.34. The zero-order valence-electron chi connectivity index (χ0n) is 11.4. The van der Waals surface area contributed by atoms with Crippen LogP contribution in [0.15, 0.2) is 30.8 Å². The highest BCUT2D eigenvalue weighted by Crippen LogP contribution is 2.22. The Balaban J connectivity index is 2.67. The molecule has 3 nitrogen and oxygen atoms in total. The van der Waals surface area contributed by atoms with Gasteiger partial charge in [0.1, 0.15) is 0 Å². The molecule has 0 bridgehead atoms. The Labute approximate surface area is 112 Å². The maximum Gasteiger partial charge on any atom is 0.224 e. The Hall–Kier alpha value is -0.943. The van der Waals surface area contributed by atoms with Crippen LogP contribution in [0, 0.1) is 0 Å². The van der Waals surface area contributed by atoms with E-state index in [1.165, 1.54) is 5.56 Å². The Morgan fingerprint density at radius 2 is 2.06 bits per heavy atom. The van der Waals surface area contributed by atoms with Gasteiger partial charge in [0, 0.05) is 14.2 Å². The minimum absolute atomic E-state index is 0.115. The van der Waals surface area contributed by atoms with E-state index in [1.54, 1.807) is 14.2 Å². The molecule has 1 unspecified atom stereocenters. The number of benzene rings is 1. The normalized spacial score (nSPS) is 13.3. The van der Waals surface area contributed by atoms with Gasteiger partial charge in [-0.15, -0.1) is 0 Å². The van der Waals surface area contributed by atoms with Gasteiger partial charge in [0.2, 0.25) is 9.76 Å². The monoisotopic (exact) mass is 266 g/mol. The van der Waals surface area contributed by atoms with Gasteiger partial charge in [-0.25, -0.2) is 0 Å².